The summed E-state index contributed by atoms with van der Waals surface area (Å²) in [6.07, 6.45) is 6.48. The Labute approximate surface area is 572 Å². The fourth-order valence-corrected chi connectivity index (χ4v) is 10.9. The number of amides is 4. The Kier molecular flexibility index (Phi) is 41.6. The first-order valence-electron chi connectivity index (χ1n) is 33.3. The number of benzene rings is 3. The number of carbonyl (C=O) groups excluding carboxylic acids is 7. The van der Waals surface area contributed by atoms with E-state index in [-0.39, 0.29) is 107 Å². The molecule has 0 aliphatic carbocycles. The van der Waals surface area contributed by atoms with Gasteiger partial charge in [0.2, 0.25) is 23.6 Å². The number of esters is 1. The molecule has 0 bridgehead atoms. The number of carboxylic acid groups (broad SMARTS) is 1. The molecule has 0 saturated carbocycles. The molecule has 5 atom stereocenters. The summed E-state index contributed by atoms with van der Waals surface area (Å²) in [6, 6.07) is 22.6. The number of unbranched alkanes of at least 4 members (excludes halogenated alkanes) is 3. The van der Waals surface area contributed by atoms with Gasteiger partial charge >= 0.3 is 11.9 Å². The SMILES string of the molecule is CCC/C(=C/OO)NC(=O)CC[C@H](CC(=O)CCCCCNC(O)CCC(CC(=O)CCOCCOCCOCCOCCCC(O)CCC(=O)N1Cc2ccccc2C#Cc2ccccc21)C(=O)NC(CCCCNC(=O)CCCc1ccc(I)cc1)C(=O)OC)C(=O)O. The molecule has 4 rings (SSSR count). The summed E-state index contributed by atoms with van der Waals surface area (Å²) in [4.78, 5) is 109. The van der Waals surface area contributed by atoms with Gasteiger partial charge in [0.25, 0.3) is 0 Å². The highest BCUT2D eigenvalue weighted by molar-refractivity contribution is 14.1. The Bertz CT molecular complexity index is 2900. The predicted molar refractivity (Wildman–Crippen MR) is 365 cm³/mol. The molecule has 1 aliphatic heterocycles. The normalized spacial score (nSPS) is 13.5. The van der Waals surface area contributed by atoms with Gasteiger partial charge in [0.05, 0.1) is 83.3 Å². The van der Waals surface area contributed by atoms with Gasteiger partial charge in [-0.25, -0.2) is 10.1 Å². The number of aliphatic hydroxyl groups is 2. The van der Waals surface area contributed by atoms with Gasteiger partial charge in [0.15, 0.2) is 0 Å². The summed E-state index contributed by atoms with van der Waals surface area (Å²) < 4.78 is 28.7. The quantitative estimate of drug-likeness (QED) is 0.00384. The fraction of sp³-hybridized carbons (Fsp3) is 0.577. The zero-order chi connectivity index (χ0) is 68.8. The largest absolute Gasteiger partial charge is 0.481 e. The third-order valence-corrected chi connectivity index (χ3v) is 16.6. The van der Waals surface area contributed by atoms with Crippen molar-refractivity contribution in [3.05, 3.63) is 111 Å². The number of hydrogen-bond donors (Lipinski definition) is 8. The lowest BCUT2D eigenvalue weighted by Gasteiger charge is -2.26. The van der Waals surface area contributed by atoms with Crippen LogP contribution in [0.1, 0.15) is 170 Å². The number of nitrogens with one attached hydrogen (secondary N) is 4. The van der Waals surface area contributed by atoms with Gasteiger partial charge in [-0.1, -0.05) is 74.1 Å². The topological polar surface area (TPSA) is 324 Å². The third kappa shape index (κ3) is 35.2. The highest BCUT2D eigenvalue weighted by atomic mass is 127. The van der Waals surface area contributed by atoms with Crippen LogP contribution in [0.3, 0.4) is 0 Å². The summed E-state index contributed by atoms with van der Waals surface area (Å²) in [7, 11) is 1.22. The van der Waals surface area contributed by atoms with Gasteiger partial charge in [-0.05, 0) is 160 Å². The minimum absolute atomic E-state index is 0.00115. The number of ketones is 2. The van der Waals surface area contributed by atoms with Crippen molar-refractivity contribution < 1.29 is 87.5 Å². The number of aryl methyl sites for hydroxylation is 1. The second-order valence-corrected chi connectivity index (χ2v) is 24.8. The van der Waals surface area contributed by atoms with Crippen LogP contribution in [0.5, 0.6) is 0 Å². The third-order valence-electron chi connectivity index (χ3n) is 15.9. The number of nitrogens with zero attached hydrogens (tertiary/aromatic N) is 1. The van der Waals surface area contributed by atoms with E-state index in [0.29, 0.717) is 135 Å². The Hall–Kier alpha value is -6.67. The zero-order valence-electron chi connectivity index (χ0n) is 55.3. The molecule has 3 aromatic carbocycles. The molecule has 95 heavy (non-hydrogen) atoms. The number of aliphatic hydroxyl groups excluding tert-OH is 2. The number of allylic oxidation sites excluding steroid dienone is 1. The van der Waals surface area contributed by atoms with Crippen molar-refractivity contribution in [1.29, 1.82) is 0 Å². The molecule has 4 unspecified atom stereocenters. The smallest absolute Gasteiger partial charge is 0.328 e. The number of Topliss-reactive ketones (excluding diaryl/α,β-unsaturated/α-hetero) is 2. The van der Waals surface area contributed by atoms with Gasteiger partial charge in [0.1, 0.15) is 30.1 Å². The number of aliphatic carboxylic acids is 1. The number of para-hydroxylation sites is 1. The molecule has 0 fully saturated rings. The van der Waals surface area contributed by atoms with Crippen molar-refractivity contribution >= 4 is 75.4 Å². The highest BCUT2D eigenvalue weighted by Crippen LogP contribution is 2.27. The Morgan fingerprint density at radius 3 is 1.98 bits per heavy atom. The summed E-state index contributed by atoms with van der Waals surface area (Å²) in [5, 5.41) is 51.3. The maximum atomic E-state index is 13.9. The van der Waals surface area contributed by atoms with Gasteiger partial charge in [-0.15, -0.1) is 0 Å². The fourth-order valence-electron chi connectivity index (χ4n) is 10.5. The number of anilines is 1. The molecule has 524 valence electrons. The molecule has 0 radical (unpaired) electrons. The number of fused-ring (bicyclic) bond motifs is 2. The maximum Gasteiger partial charge on any atom is 0.328 e. The summed E-state index contributed by atoms with van der Waals surface area (Å²) in [5.74, 6) is 0.970. The molecule has 0 spiro atoms. The van der Waals surface area contributed by atoms with E-state index in [1.165, 1.54) is 7.11 Å². The first kappa shape index (κ1) is 80.8. The number of ether oxygens (including phenoxy) is 5. The second kappa shape index (κ2) is 48.9. The molecular weight excluding hydrogens is 1340 g/mol. The Morgan fingerprint density at radius 2 is 1.27 bits per heavy atom. The number of hydrogen-bond acceptors (Lipinski definition) is 18. The molecular formula is C71H100IN5O18. The maximum absolute atomic E-state index is 13.9. The van der Waals surface area contributed by atoms with E-state index >= 15 is 0 Å². The number of rotatable bonds is 53. The van der Waals surface area contributed by atoms with E-state index in [9.17, 15) is 53.7 Å². The van der Waals surface area contributed by atoms with E-state index in [4.69, 9.17) is 28.9 Å². The molecule has 24 heteroatoms. The average molecular weight is 1440 g/mol. The predicted octanol–water partition coefficient (Wildman–Crippen LogP) is 8.39. The molecule has 1 aliphatic rings. The van der Waals surface area contributed by atoms with E-state index in [1.807, 2.05) is 67.6 Å². The van der Waals surface area contributed by atoms with Crippen LogP contribution >= 0.6 is 22.6 Å². The first-order valence-corrected chi connectivity index (χ1v) is 34.4. The molecule has 23 nitrogen and oxygen atoms in total. The van der Waals surface area contributed by atoms with Crippen LogP contribution in [-0.2, 0) is 79.9 Å². The minimum Gasteiger partial charge on any atom is -0.481 e. The van der Waals surface area contributed by atoms with Crippen molar-refractivity contribution in [3.8, 4) is 11.8 Å². The summed E-state index contributed by atoms with van der Waals surface area (Å²) in [6.45, 7) is 5.32. The van der Waals surface area contributed by atoms with E-state index in [2.05, 4.69) is 72.7 Å². The van der Waals surface area contributed by atoms with Gasteiger partial charge in [-0.3, -0.25) is 38.9 Å². The van der Waals surface area contributed by atoms with Crippen LogP contribution in [0.25, 0.3) is 0 Å². The van der Waals surface area contributed by atoms with Crippen LogP contribution in [0, 0.1) is 27.2 Å². The van der Waals surface area contributed by atoms with Crippen LogP contribution in [0.2, 0.25) is 0 Å². The summed E-state index contributed by atoms with van der Waals surface area (Å²) >= 11 is 2.25. The zero-order valence-corrected chi connectivity index (χ0v) is 57.4. The van der Waals surface area contributed by atoms with Gasteiger partial charge in [-0.2, -0.15) is 0 Å². The molecule has 8 N–H and O–H groups in total. The van der Waals surface area contributed by atoms with Gasteiger partial charge < -0.3 is 64.7 Å². The van der Waals surface area contributed by atoms with Gasteiger partial charge in [0, 0.05) is 78.7 Å². The van der Waals surface area contributed by atoms with Crippen LogP contribution in [0.15, 0.2) is 84.8 Å². The standard InChI is InChI=1S/C71H100IN5O18/c1-3-15-59(51-95-89)75-67(83)35-30-56(70(86)87)49-61(79)20-5-4-11-38-74-66(82)34-29-55(69(85)76-63(71(88)90-2)22-10-12-39-73-65(81)24-13-16-52-25-31-58(72)32-26-52)48-62(80)37-41-92-43-45-94-47-46-93-44-42-91-40-14-21-60(78)33-36-68(84)77-50-57-19-7-6-17-53(57)27-28-54-18-8-9-23-64(54)77/h6-9,17-19,23,25-26,31-32,51,55-56,60,63,66,74,78,82,89H,3-5,10-16,20-22,24,29-30,33-50H2,1-2H3,(H,73,81)(H,75,83)(H,76,85)(H,86,87)/b59-51-/t55?,56-,60?,63?,66?/m1/s1. The van der Waals surface area contributed by atoms with Crippen molar-refractivity contribution in [1.82, 2.24) is 21.3 Å². The van der Waals surface area contributed by atoms with Crippen molar-refractivity contribution in [2.45, 2.75) is 180 Å². The molecule has 3 aromatic rings. The Balaban J connectivity index is 1.12. The molecule has 0 aromatic heterocycles. The summed E-state index contributed by atoms with van der Waals surface area (Å²) in [5.41, 5.74) is 4.91. The number of methoxy groups -OCH3 is 1. The monoisotopic (exact) mass is 1440 g/mol. The first-order chi connectivity index (χ1) is 46.0. The highest BCUT2D eigenvalue weighted by Gasteiger charge is 2.29. The number of carbonyl (C=O) groups is 8. The Morgan fingerprint density at radius 1 is 0.621 bits per heavy atom. The van der Waals surface area contributed by atoms with Crippen LogP contribution in [0.4, 0.5) is 5.69 Å². The van der Waals surface area contributed by atoms with E-state index < -0.39 is 54.0 Å². The average Bonchev–Trinajstić information content (AvgIpc) is 0.817. The van der Waals surface area contributed by atoms with Crippen molar-refractivity contribution in [2.24, 2.45) is 11.8 Å². The molecule has 0 saturated heterocycles. The molecule has 4 amide bonds. The number of halogens is 1. The lowest BCUT2D eigenvalue weighted by Crippen LogP contribution is -2.45. The number of carboxylic acids is 1. The van der Waals surface area contributed by atoms with Crippen LogP contribution < -0.4 is 26.2 Å². The van der Waals surface area contributed by atoms with E-state index in [1.54, 1.807) is 4.90 Å². The minimum atomic E-state index is -1.18. The van der Waals surface area contributed by atoms with Crippen molar-refractivity contribution in [3.63, 3.8) is 0 Å². The lowest BCUT2D eigenvalue weighted by molar-refractivity contribution is -0.188. The molecule has 1 heterocycles. The van der Waals surface area contributed by atoms with E-state index in [0.717, 1.165) is 44.2 Å². The van der Waals surface area contributed by atoms with Crippen molar-refractivity contribution in [2.75, 3.05) is 78.0 Å². The van der Waals surface area contributed by atoms with Crippen LogP contribution in [-0.4, -0.2) is 159 Å². The lowest BCUT2D eigenvalue weighted by atomic mass is 9.93. The second-order valence-electron chi connectivity index (χ2n) is 23.5.